The van der Waals surface area contributed by atoms with Gasteiger partial charge in [-0.2, -0.15) is 11.3 Å². The van der Waals surface area contributed by atoms with Crippen LogP contribution in [0.3, 0.4) is 0 Å². The molecule has 3 rings (SSSR count). The number of aromatic amines is 1. The minimum atomic E-state index is -0.431. The zero-order chi connectivity index (χ0) is 16.2. The lowest BCUT2D eigenvalue weighted by molar-refractivity contribution is 0.0938. The Kier molecular flexibility index (Phi) is 4.43. The van der Waals surface area contributed by atoms with Crippen molar-refractivity contribution in [1.29, 1.82) is 0 Å². The second-order valence-corrected chi connectivity index (χ2v) is 6.08. The Morgan fingerprint density at radius 2 is 2.22 bits per heavy atom. The van der Waals surface area contributed by atoms with Gasteiger partial charge in [-0.1, -0.05) is 0 Å². The number of carbonyl (C=O) groups is 1. The van der Waals surface area contributed by atoms with E-state index in [0.717, 1.165) is 6.42 Å². The van der Waals surface area contributed by atoms with E-state index in [9.17, 15) is 9.59 Å². The van der Waals surface area contributed by atoms with Crippen molar-refractivity contribution in [3.05, 3.63) is 68.8 Å². The van der Waals surface area contributed by atoms with Gasteiger partial charge in [-0.3, -0.25) is 9.59 Å². The first-order valence-electron chi connectivity index (χ1n) is 7.22. The molecular weight excluding hydrogens is 312 g/mol. The molecule has 3 heterocycles. The summed E-state index contributed by atoms with van der Waals surface area (Å²) in [4.78, 5) is 27.0. The van der Waals surface area contributed by atoms with Gasteiger partial charge in [0, 0.05) is 6.04 Å². The smallest absolute Gasteiger partial charge is 0.261 e. The van der Waals surface area contributed by atoms with Crippen LogP contribution in [-0.4, -0.2) is 16.9 Å². The molecule has 0 fully saturated rings. The Balaban J connectivity index is 1.71. The molecule has 118 valence electrons. The topological polar surface area (TPSA) is 75.1 Å². The third-order valence-electron chi connectivity index (χ3n) is 3.44. The summed E-state index contributed by atoms with van der Waals surface area (Å²) in [5.74, 6) is 0.180. The SMILES string of the molecule is CC(Cc1ccsc1)NC(=O)c1ccc(-c2ccco2)[nH]c1=O. The predicted octanol–water partition coefficient (Wildman–Crippen LogP) is 3.06. The second kappa shape index (κ2) is 6.66. The first-order valence-corrected chi connectivity index (χ1v) is 8.17. The van der Waals surface area contributed by atoms with E-state index in [0.29, 0.717) is 11.5 Å². The number of carbonyl (C=O) groups excluding carboxylic acids is 1. The van der Waals surface area contributed by atoms with Crippen LogP contribution in [0.2, 0.25) is 0 Å². The van der Waals surface area contributed by atoms with E-state index >= 15 is 0 Å². The number of hydrogen-bond donors (Lipinski definition) is 2. The van der Waals surface area contributed by atoms with Crippen LogP contribution in [0.4, 0.5) is 0 Å². The molecule has 0 aromatic carbocycles. The molecule has 2 N–H and O–H groups in total. The van der Waals surface area contributed by atoms with Crippen LogP contribution < -0.4 is 10.9 Å². The Labute approximate surface area is 137 Å². The van der Waals surface area contributed by atoms with Gasteiger partial charge < -0.3 is 14.7 Å². The molecule has 5 nitrogen and oxygen atoms in total. The van der Waals surface area contributed by atoms with Gasteiger partial charge in [0.05, 0.1) is 12.0 Å². The molecule has 23 heavy (non-hydrogen) atoms. The highest BCUT2D eigenvalue weighted by Crippen LogP contribution is 2.15. The van der Waals surface area contributed by atoms with E-state index in [1.807, 2.05) is 23.8 Å². The maximum Gasteiger partial charge on any atom is 0.261 e. The predicted molar refractivity (Wildman–Crippen MR) is 89.7 cm³/mol. The van der Waals surface area contributed by atoms with Crippen molar-refractivity contribution in [2.75, 3.05) is 0 Å². The fourth-order valence-electron chi connectivity index (χ4n) is 2.34. The molecule has 0 saturated carbocycles. The second-order valence-electron chi connectivity index (χ2n) is 5.30. The van der Waals surface area contributed by atoms with Crippen LogP contribution in [0.1, 0.15) is 22.8 Å². The van der Waals surface area contributed by atoms with E-state index in [-0.39, 0.29) is 17.5 Å². The lowest BCUT2D eigenvalue weighted by atomic mass is 10.1. The van der Waals surface area contributed by atoms with E-state index in [2.05, 4.69) is 10.3 Å². The number of rotatable bonds is 5. The number of thiophene rings is 1. The Hall–Kier alpha value is -2.60. The molecular formula is C17H16N2O3S. The van der Waals surface area contributed by atoms with Crippen LogP contribution in [0.15, 0.2) is 56.6 Å². The first kappa shape index (κ1) is 15.3. The summed E-state index contributed by atoms with van der Waals surface area (Å²) in [6, 6.07) is 8.63. The van der Waals surface area contributed by atoms with E-state index in [1.165, 1.54) is 17.9 Å². The molecule has 1 unspecified atom stereocenters. The molecule has 0 spiro atoms. The maximum absolute atomic E-state index is 12.3. The molecule has 0 aliphatic rings. The fraction of sp³-hybridized carbons (Fsp3) is 0.176. The number of nitrogens with one attached hydrogen (secondary N) is 2. The summed E-state index contributed by atoms with van der Waals surface area (Å²) in [7, 11) is 0. The number of aromatic nitrogens is 1. The van der Waals surface area contributed by atoms with Crippen LogP contribution in [0, 0.1) is 0 Å². The van der Waals surface area contributed by atoms with Crippen LogP contribution in [0.25, 0.3) is 11.5 Å². The maximum atomic E-state index is 12.3. The summed E-state index contributed by atoms with van der Waals surface area (Å²) < 4.78 is 5.23. The molecule has 3 aromatic heterocycles. The van der Waals surface area contributed by atoms with Crippen molar-refractivity contribution in [2.45, 2.75) is 19.4 Å². The van der Waals surface area contributed by atoms with Crippen LogP contribution >= 0.6 is 11.3 Å². The monoisotopic (exact) mass is 328 g/mol. The zero-order valence-corrected chi connectivity index (χ0v) is 13.4. The highest BCUT2D eigenvalue weighted by atomic mass is 32.1. The van der Waals surface area contributed by atoms with Crippen LogP contribution in [-0.2, 0) is 6.42 Å². The number of amides is 1. The number of hydrogen-bond acceptors (Lipinski definition) is 4. The summed E-state index contributed by atoms with van der Waals surface area (Å²) in [6.07, 6.45) is 2.26. The Morgan fingerprint density at radius 3 is 2.87 bits per heavy atom. The molecule has 1 atom stereocenters. The molecule has 0 aliphatic heterocycles. The van der Waals surface area contributed by atoms with Gasteiger partial charge in [0.25, 0.3) is 11.5 Å². The normalized spacial score (nSPS) is 12.0. The summed E-state index contributed by atoms with van der Waals surface area (Å²) in [5.41, 5.74) is 1.38. The fourth-order valence-corrected chi connectivity index (χ4v) is 3.02. The zero-order valence-electron chi connectivity index (χ0n) is 12.5. The molecule has 3 aromatic rings. The summed E-state index contributed by atoms with van der Waals surface area (Å²) in [5, 5.41) is 6.90. The van der Waals surface area contributed by atoms with Gasteiger partial charge >= 0.3 is 0 Å². The number of furan rings is 1. The van der Waals surface area contributed by atoms with Crippen LogP contribution in [0.5, 0.6) is 0 Å². The van der Waals surface area contributed by atoms with Crippen molar-refractivity contribution in [2.24, 2.45) is 0 Å². The third kappa shape index (κ3) is 3.60. The van der Waals surface area contributed by atoms with Crippen molar-refractivity contribution < 1.29 is 9.21 Å². The lowest BCUT2D eigenvalue weighted by Gasteiger charge is -2.13. The average molecular weight is 328 g/mol. The highest BCUT2D eigenvalue weighted by molar-refractivity contribution is 7.07. The minimum absolute atomic E-state index is 0.0544. The van der Waals surface area contributed by atoms with E-state index < -0.39 is 5.56 Å². The Morgan fingerprint density at radius 1 is 1.35 bits per heavy atom. The quantitative estimate of drug-likeness (QED) is 0.756. The van der Waals surface area contributed by atoms with Gasteiger partial charge in [-0.15, -0.1) is 0 Å². The molecule has 0 radical (unpaired) electrons. The molecule has 1 amide bonds. The van der Waals surface area contributed by atoms with Gasteiger partial charge in [0.1, 0.15) is 11.3 Å². The van der Waals surface area contributed by atoms with E-state index in [4.69, 9.17) is 4.42 Å². The highest BCUT2D eigenvalue weighted by Gasteiger charge is 2.15. The summed E-state index contributed by atoms with van der Waals surface area (Å²) >= 11 is 1.62. The van der Waals surface area contributed by atoms with Crippen molar-refractivity contribution in [3.8, 4) is 11.5 Å². The average Bonchev–Trinajstić information content (AvgIpc) is 3.19. The van der Waals surface area contributed by atoms with Crippen molar-refractivity contribution in [1.82, 2.24) is 10.3 Å². The van der Waals surface area contributed by atoms with Gasteiger partial charge in [-0.05, 0) is 60.0 Å². The van der Waals surface area contributed by atoms with Crippen molar-refractivity contribution in [3.63, 3.8) is 0 Å². The largest absolute Gasteiger partial charge is 0.463 e. The van der Waals surface area contributed by atoms with Gasteiger partial charge in [0.2, 0.25) is 0 Å². The molecule has 0 aliphatic carbocycles. The summed E-state index contributed by atoms with van der Waals surface area (Å²) in [6.45, 7) is 1.92. The third-order valence-corrected chi connectivity index (χ3v) is 4.17. The lowest BCUT2D eigenvalue weighted by Crippen LogP contribution is -2.37. The van der Waals surface area contributed by atoms with Gasteiger partial charge in [-0.25, -0.2) is 0 Å². The van der Waals surface area contributed by atoms with Gasteiger partial charge in [0.15, 0.2) is 0 Å². The standard InChI is InChI=1S/C17H16N2O3S/c1-11(9-12-6-8-23-10-12)18-16(20)13-4-5-14(19-17(13)21)15-3-2-7-22-15/h2-8,10-11H,9H2,1H3,(H,18,20)(H,19,21). The molecule has 6 heteroatoms. The van der Waals surface area contributed by atoms with Crippen molar-refractivity contribution >= 4 is 17.2 Å². The Bertz CT molecular complexity index is 835. The van der Waals surface area contributed by atoms with E-state index in [1.54, 1.807) is 29.5 Å². The molecule has 0 bridgehead atoms. The minimum Gasteiger partial charge on any atom is -0.463 e. The first-order chi connectivity index (χ1) is 11.1. The number of pyridine rings is 1. The number of H-pyrrole nitrogens is 1. The molecule has 0 saturated heterocycles.